The van der Waals surface area contributed by atoms with Gasteiger partial charge in [0.05, 0.1) is 30.6 Å². The third-order valence-electron chi connectivity index (χ3n) is 8.56. The van der Waals surface area contributed by atoms with E-state index in [1.165, 1.54) is 12.1 Å². The predicted octanol–water partition coefficient (Wildman–Crippen LogP) is 4.67. The van der Waals surface area contributed by atoms with Crippen molar-refractivity contribution in [3.05, 3.63) is 52.9 Å². The highest BCUT2D eigenvalue weighted by Gasteiger charge is 2.42. The van der Waals surface area contributed by atoms with Gasteiger partial charge in [0.1, 0.15) is 11.6 Å². The zero-order valence-electron chi connectivity index (χ0n) is 22.8. The molecular formula is C29H40FN5O3. The number of hydrogen-bond acceptors (Lipinski definition) is 5. The molecule has 2 aromatic rings. The fourth-order valence-electron chi connectivity index (χ4n) is 6.81. The van der Waals surface area contributed by atoms with Gasteiger partial charge in [-0.3, -0.25) is 9.69 Å². The Labute approximate surface area is 224 Å². The number of imidazole rings is 1. The maximum Gasteiger partial charge on any atom is 0.410 e. The third kappa shape index (κ3) is 5.44. The number of carbonyl (C=O) groups is 2. The maximum absolute atomic E-state index is 14.0. The fourth-order valence-corrected chi connectivity index (χ4v) is 6.81. The van der Waals surface area contributed by atoms with Crippen molar-refractivity contribution in [3.63, 3.8) is 0 Å². The quantitative estimate of drug-likeness (QED) is 0.542. The Balaban J connectivity index is 1.28. The molecule has 206 valence electrons. The molecule has 3 atom stereocenters. The number of piperidine rings is 1. The Morgan fingerprint density at radius 3 is 2.63 bits per heavy atom. The molecule has 3 aliphatic heterocycles. The minimum absolute atomic E-state index is 0.0156. The van der Waals surface area contributed by atoms with Gasteiger partial charge in [0.15, 0.2) is 0 Å². The average molecular weight is 526 g/mol. The number of ether oxygens (including phenoxy) is 1. The molecule has 1 aromatic carbocycles. The molecule has 2 saturated heterocycles. The Bertz CT molecular complexity index is 1150. The number of nitrogens with one attached hydrogen (secondary N) is 1. The van der Waals surface area contributed by atoms with Gasteiger partial charge in [-0.25, -0.2) is 14.2 Å². The smallest absolute Gasteiger partial charge is 0.410 e. The van der Waals surface area contributed by atoms with E-state index < -0.39 is 0 Å². The van der Waals surface area contributed by atoms with Gasteiger partial charge in [0.25, 0.3) is 0 Å². The first-order valence-electron chi connectivity index (χ1n) is 14.2. The topological polar surface area (TPSA) is 79.7 Å². The molecular weight excluding hydrogens is 485 g/mol. The van der Waals surface area contributed by atoms with Gasteiger partial charge in [0.2, 0.25) is 5.91 Å². The molecule has 1 aromatic heterocycles. The van der Waals surface area contributed by atoms with Gasteiger partial charge < -0.3 is 19.5 Å². The molecule has 0 aliphatic carbocycles. The summed E-state index contributed by atoms with van der Waals surface area (Å²) in [6.07, 6.45) is 6.10. The Kier molecular flexibility index (Phi) is 8.02. The molecule has 2 amide bonds. The number of carbonyl (C=O) groups excluding carboxylic acids is 2. The summed E-state index contributed by atoms with van der Waals surface area (Å²) in [5.41, 5.74) is 3.09. The summed E-state index contributed by atoms with van der Waals surface area (Å²) in [6.45, 7) is 8.20. The lowest BCUT2D eigenvalue weighted by atomic mass is 9.95. The van der Waals surface area contributed by atoms with Crippen LogP contribution in [0, 0.1) is 12.7 Å². The van der Waals surface area contributed by atoms with Gasteiger partial charge in [-0.15, -0.1) is 0 Å². The summed E-state index contributed by atoms with van der Waals surface area (Å²) >= 11 is 0. The van der Waals surface area contributed by atoms with E-state index in [-0.39, 0.29) is 23.9 Å². The number of nitrogens with zero attached hydrogens (tertiary/aromatic N) is 4. The van der Waals surface area contributed by atoms with E-state index >= 15 is 0 Å². The lowest BCUT2D eigenvalue weighted by Crippen LogP contribution is -2.45. The normalized spacial score (nSPS) is 23.7. The van der Waals surface area contributed by atoms with Crippen molar-refractivity contribution in [2.75, 3.05) is 19.7 Å². The number of hydrogen-bond donors (Lipinski definition) is 1. The first-order chi connectivity index (χ1) is 18.4. The van der Waals surface area contributed by atoms with Crippen LogP contribution < -0.4 is 5.32 Å². The third-order valence-corrected chi connectivity index (χ3v) is 8.56. The number of amides is 2. The Morgan fingerprint density at radius 2 is 1.95 bits per heavy atom. The number of fused-ring (bicyclic) bond motifs is 3. The molecule has 2 unspecified atom stereocenters. The van der Waals surface area contributed by atoms with E-state index in [0.717, 1.165) is 67.8 Å². The van der Waals surface area contributed by atoms with Crippen LogP contribution in [0.2, 0.25) is 0 Å². The van der Waals surface area contributed by atoms with Gasteiger partial charge in [0, 0.05) is 44.1 Å². The van der Waals surface area contributed by atoms with Gasteiger partial charge in [-0.2, -0.15) is 0 Å². The number of benzene rings is 1. The number of rotatable bonds is 8. The average Bonchev–Trinajstić information content (AvgIpc) is 3.36. The van der Waals surface area contributed by atoms with Crippen molar-refractivity contribution in [2.45, 2.75) is 96.4 Å². The fraction of sp³-hybridized carbons (Fsp3) is 0.621. The highest BCUT2D eigenvalue weighted by atomic mass is 19.1. The first kappa shape index (κ1) is 26.7. The molecule has 9 heteroatoms. The van der Waals surface area contributed by atoms with Crippen LogP contribution in [0.1, 0.15) is 87.2 Å². The van der Waals surface area contributed by atoms with Crippen molar-refractivity contribution in [1.29, 1.82) is 0 Å². The van der Waals surface area contributed by atoms with Crippen LogP contribution in [0.5, 0.6) is 0 Å². The van der Waals surface area contributed by atoms with E-state index in [4.69, 9.17) is 9.72 Å². The van der Waals surface area contributed by atoms with E-state index in [1.54, 1.807) is 11.0 Å². The van der Waals surface area contributed by atoms with E-state index in [2.05, 4.69) is 21.7 Å². The maximum atomic E-state index is 14.0. The second-order valence-electron chi connectivity index (χ2n) is 10.9. The van der Waals surface area contributed by atoms with Crippen molar-refractivity contribution in [1.82, 2.24) is 24.7 Å². The van der Waals surface area contributed by atoms with Gasteiger partial charge in [-0.1, -0.05) is 19.1 Å². The number of aromatic nitrogens is 2. The molecule has 2 fully saturated rings. The summed E-state index contributed by atoms with van der Waals surface area (Å²) < 4.78 is 21.6. The molecule has 0 radical (unpaired) electrons. The largest absolute Gasteiger partial charge is 0.450 e. The van der Waals surface area contributed by atoms with Crippen molar-refractivity contribution in [2.24, 2.45) is 0 Å². The number of aryl methyl sites for hydroxylation is 1. The molecule has 38 heavy (non-hydrogen) atoms. The predicted molar refractivity (Wildman–Crippen MR) is 142 cm³/mol. The zero-order valence-corrected chi connectivity index (χ0v) is 22.8. The minimum atomic E-state index is -0.278. The monoisotopic (exact) mass is 525 g/mol. The van der Waals surface area contributed by atoms with Crippen LogP contribution in [0.4, 0.5) is 9.18 Å². The molecule has 0 saturated carbocycles. The molecule has 0 spiro atoms. The zero-order chi connectivity index (χ0) is 26.8. The minimum Gasteiger partial charge on any atom is -0.450 e. The summed E-state index contributed by atoms with van der Waals surface area (Å²) in [7, 11) is 0. The molecule has 1 N–H and O–H groups in total. The Hall–Kier alpha value is -2.94. The van der Waals surface area contributed by atoms with Gasteiger partial charge >= 0.3 is 6.09 Å². The van der Waals surface area contributed by atoms with Crippen molar-refractivity contribution in [3.8, 4) is 0 Å². The van der Waals surface area contributed by atoms with Crippen LogP contribution in [-0.4, -0.2) is 63.1 Å². The first-order valence-corrected chi connectivity index (χ1v) is 14.2. The summed E-state index contributed by atoms with van der Waals surface area (Å²) in [4.78, 5) is 34.0. The number of halogens is 1. The summed E-state index contributed by atoms with van der Waals surface area (Å²) in [5, 5.41) is 3.11. The molecule has 2 bridgehead atoms. The van der Waals surface area contributed by atoms with E-state index in [0.29, 0.717) is 44.2 Å². The van der Waals surface area contributed by atoms with Crippen LogP contribution in [-0.2, 0) is 22.5 Å². The second kappa shape index (κ2) is 11.4. The standard InChI is InChI=1S/C29H40FN5O3/c1-4-28(36)32-25(20-7-6-8-21(30)15-20)12-14-34-22-9-10-23(34)17-24(16-22)35-19(3)31-26-11-13-33(18-27(26)35)29(37)38-5-2/h6-8,15,22-25H,4-5,9-14,16-18H2,1-3H3,(H,32,36)/t22?,23?,24?,25-/m0/s1. The van der Waals surface area contributed by atoms with E-state index in [9.17, 15) is 14.0 Å². The highest BCUT2D eigenvalue weighted by Crippen LogP contribution is 2.43. The van der Waals surface area contributed by atoms with E-state index in [1.807, 2.05) is 19.9 Å². The molecule has 5 rings (SSSR count). The molecule has 3 aliphatic rings. The van der Waals surface area contributed by atoms with Crippen molar-refractivity contribution < 1.29 is 18.7 Å². The SMILES string of the molecule is CCOC(=O)N1CCc2nc(C)n(C3CC4CCC(C3)N4CC[C@H](NC(=O)CC)c3cccc(F)c3)c2C1. The summed E-state index contributed by atoms with van der Waals surface area (Å²) in [5.74, 6) is 0.741. The van der Waals surface area contributed by atoms with Gasteiger partial charge in [-0.05, 0) is 63.6 Å². The van der Waals surface area contributed by atoms with Crippen molar-refractivity contribution >= 4 is 12.0 Å². The molecule has 4 heterocycles. The van der Waals surface area contributed by atoms with Crippen LogP contribution >= 0.6 is 0 Å². The highest BCUT2D eigenvalue weighted by molar-refractivity contribution is 5.76. The van der Waals surface area contributed by atoms with Crippen LogP contribution in [0.3, 0.4) is 0 Å². The Morgan fingerprint density at radius 1 is 1.18 bits per heavy atom. The summed E-state index contributed by atoms with van der Waals surface area (Å²) in [6, 6.07) is 7.68. The van der Waals surface area contributed by atoms with Crippen LogP contribution in [0.25, 0.3) is 0 Å². The lowest BCUT2D eigenvalue weighted by molar-refractivity contribution is -0.121. The van der Waals surface area contributed by atoms with Crippen LogP contribution in [0.15, 0.2) is 24.3 Å². The lowest BCUT2D eigenvalue weighted by Gasteiger charge is -2.41. The molecule has 8 nitrogen and oxygen atoms in total. The second-order valence-corrected chi connectivity index (χ2v) is 10.9.